The van der Waals surface area contributed by atoms with E-state index < -0.39 is 0 Å². The number of benzene rings is 2. The van der Waals surface area contributed by atoms with E-state index in [2.05, 4.69) is 10.6 Å². The van der Waals surface area contributed by atoms with Crippen LogP contribution in [0.3, 0.4) is 0 Å². The molecule has 1 aliphatic rings. The lowest BCUT2D eigenvalue weighted by Gasteiger charge is -2.05. The van der Waals surface area contributed by atoms with Crippen molar-refractivity contribution in [2.75, 3.05) is 6.79 Å². The maximum Gasteiger partial charge on any atom is 0.244 e. The molecule has 8 nitrogen and oxygen atoms in total. The van der Waals surface area contributed by atoms with Crippen molar-refractivity contribution >= 4 is 23.0 Å². The predicted molar refractivity (Wildman–Crippen MR) is 93.9 cm³/mol. The Morgan fingerprint density at radius 2 is 1.44 bits per heavy atom. The van der Waals surface area contributed by atoms with Crippen molar-refractivity contribution in [3.63, 3.8) is 0 Å². The van der Waals surface area contributed by atoms with Crippen molar-refractivity contribution in [2.45, 2.75) is 13.1 Å². The van der Waals surface area contributed by atoms with Gasteiger partial charge in [0.15, 0.2) is 11.5 Å². The first-order valence-electron chi connectivity index (χ1n) is 8.27. The number of nitrogens with one attached hydrogen (secondary N) is 2. The summed E-state index contributed by atoms with van der Waals surface area (Å²) in [4.78, 5) is 23.7. The summed E-state index contributed by atoms with van der Waals surface area (Å²) >= 11 is 0. The Morgan fingerprint density at radius 1 is 0.815 bits per heavy atom. The summed E-state index contributed by atoms with van der Waals surface area (Å²) in [6.07, 6.45) is 2.38. The van der Waals surface area contributed by atoms with Crippen molar-refractivity contribution in [3.05, 3.63) is 59.7 Å². The second-order valence-corrected chi connectivity index (χ2v) is 5.90. The minimum atomic E-state index is -0.368. The topological polar surface area (TPSA) is 103 Å². The van der Waals surface area contributed by atoms with Gasteiger partial charge in [-0.3, -0.25) is 18.7 Å². The van der Waals surface area contributed by atoms with Crippen LogP contribution in [0.2, 0.25) is 0 Å². The third-order valence-corrected chi connectivity index (χ3v) is 3.99. The summed E-state index contributed by atoms with van der Waals surface area (Å²) < 4.78 is 20.1. The van der Waals surface area contributed by atoms with Gasteiger partial charge in [0.25, 0.3) is 0 Å². The standard InChI is InChI=1S/C19H16N2O6/c22-18(20-9-12-1-3-14-16(7-12)25-11-24-14)5-6-19(23)21-10-13-2-4-15-17(8-13)27-26-15/h1-8H,9-11H2,(H,20,22)(H,21,23)/b6-5+. The zero-order valence-electron chi connectivity index (χ0n) is 14.2. The average Bonchev–Trinajstić information content (AvgIpc) is 3.12. The molecule has 0 atom stereocenters. The summed E-state index contributed by atoms with van der Waals surface area (Å²) in [5.41, 5.74) is 3.05. The quantitative estimate of drug-likeness (QED) is 0.511. The second kappa shape index (κ2) is 7.28. The van der Waals surface area contributed by atoms with Gasteiger partial charge in [0.2, 0.25) is 29.8 Å². The third-order valence-electron chi connectivity index (χ3n) is 3.99. The Hall–Kier alpha value is -3.68. The molecule has 0 radical (unpaired) electrons. The van der Waals surface area contributed by atoms with Gasteiger partial charge < -0.3 is 20.1 Å². The van der Waals surface area contributed by atoms with Crippen LogP contribution in [-0.4, -0.2) is 18.6 Å². The molecule has 4 rings (SSSR count). The van der Waals surface area contributed by atoms with E-state index in [1.165, 1.54) is 12.2 Å². The highest BCUT2D eigenvalue weighted by Gasteiger charge is 2.13. The van der Waals surface area contributed by atoms with Gasteiger partial charge in [-0.15, -0.1) is 0 Å². The summed E-state index contributed by atoms with van der Waals surface area (Å²) in [6.45, 7) is 0.840. The van der Waals surface area contributed by atoms with Crippen LogP contribution in [-0.2, 0) is 22.7 Å². The Bertz CT molecular complexity index is 1020. The molecule has 1 aliphatic heterocycles. The molecule has 1 aromatic heterocycles. The molecule has 138 valence electrons. The highest BCUT2D eigenvalue weighted by atomic mass is 17.0. The Labute approximate surface area is 153 Å². The minimum absolute atomic E-state index is 0.204. The molecule has 0 saturated heterocycles. The van der Waals surface area contributed by atoms with Crippen molar-refractivity contribution in [2.24, 2.45) is 0 Å². The second-order valence-electron chi connectivity index (χ2n) is 5.90. The van der Waals surface area contributed by atoms with Crippen LogP contribution in [0.15, 0.2) is 57.7 Å². The molecule has 8 heteroatoms. The lowest BCUT2D eigenvalue weighted by atomic mass is 10.2. The molecule has 2 aromatic carbocycles. The maximum atomic E-state index is 11.9. The van der Waals surface area contributed by atoms with Crippen molar-refractivity contribution < 1.29 is 28.2 Å². The first kappa shape index (κ1) is 16.8. The van der Waals surface area contributed by atoms with E-state index in [0.717, 1.165) is 11.1 Å². The third kappa shape index (κ3) is 3.95. The lowest BCUT2D eigenvalue weighted by Crippen LogP contribution is -2.23. The van der Waals surface area contributed by atoms with Gasteiger partial charge in [-0.2, -0.15) is 0 Å². The molecule has 0 unspecified atom stereocenters. The lowest BCUT2D eigenvalue weighted by molar-refractivity contribution is -0.118. The molecule has 2 heterocycles. The van der Waals surface area contributed by atoms with E-state index >= 15 is 0 Å². The van der Waals surface area contributed by atoms with Gasteiger partial charge in [0.05, 0.1) is 0 Å². The van der Waals surface area contributed by atoms with Crippen molar-refractivity contribution in [1.82, 2.24) is 10.6 Å². The summed E-state index contributed by atoms with van der Waals surface area (Å²) in [5.74, 6) is 0.612. The normalized spacial score (nSPS) is 12.6. The summed E-state index contributed by atoms with van der Waals surface area (Å²) in [5, 5.41) is 5.40. The zero-order valence-corrected chi connectivity index (χ0v) is 14.2. The van der Waals surface area contributed by atoms with Crippen molar-refractivity contribution in [1.29, 1.82) is 0 Å². The van der Waals surface area contributed by atoms with Gasteiger partial charge in [-0.25, -0.2) is 0 Å². The molecule has 27 heavy (non-hydrogen) atoms. The number of hydrogen-bond donors (Lipinski definition) is 2. The van der Waals surface area contributed by atoms with E-state index in [4.69, 9.17) is 18.6 Å². The fourth-order valence-electron chi connectivity index (χ4n) is 2.55. The van der Waals surface area contributed by atoms with E-state index in [0.29, 0.717) is 35.8 Å². The SMILES string of the molecule is O=C(/C=C/C(=O)NCc1ccc2ooc2c1)NCc1ccc2c(c1)OCO2. The number of carbonyl (C=O) groups is 2. The molecule has 0 bridgehead atoms. The fourth-order valence-corrected chi connectivity index (χ4v) is 2.55. The molecular weight excluding hydrogens is 352 g/mol. The van der Waals surface area contributed by atoms with Crippen LogP contribution in [0.25, 0.3) is 11.2 Å². The first-order valence-corrected chi connectivity index (χ1v) is 8.27. The van der Waals surface area contributed by atoms with Crippen LogP contribution in [0.5, 0.6) is 11.5 Å². The molecule has 2 N–H and O–H groups in total. The highest BCUT2D eigenvalue weighted by molar-refractivity contribution is 5.96. The molecule has 2 amide bonds. The Morgan fingerprint density at radius 3 is 2.11 bits per heavy atom. The number of hydrogen-bond acceptors (Lipinski definition) is 6. The van der Waals surface area contributed by atoms with E-state index in [-0.39, 0.29) is 18.6 Å². The van der Waals surface area contributed by atoms with Gasteiger partial charge in [0, 0.05) is 25.2 Å². The summed E-state index contributed by atoms with van der Waals surface area (Å²) in [7, 11) is 0. The van der Waals surface area contributed by atoms with Gasteiger partial charge in [-0.05, 0) is 35.4 Å². The van der Waals surface area contributed by atoms with E-state index in [9.17, 15) is 9.59 Å². The van der Waals surface area contributed by atoms with Crippen LogP contribution in [0.4, 0.5) is 0 Å². The number of fused-ring (bicyclic) bond motifs is 2. The number of ether oxygens (including phenoxy) is 2. The van der Waals surface area contributed by atoms with Gasteiger partial charge >= 0.3 is 0 Å². The number of amides is 2. The monoisotopic (exact) mass is 368 g/mol. The Kier molecular flexibility index (Phi) is 4.52. The van der Waals surface area contributed by atoms with Crippen LogP contribution in [0.1, 0.15) is 11.1 Å². The smallest absolute Gasteiger partial charge is 0.244 e. The zero-order chi connectivity index (χ0) is 18.6. The van der Waals surface area contributed by atoms with Crippen molar-refractivity contribution in [3.8, 4) is 11.5 Å². The molecular formula is C19H16N2O6. The molecule has 0 saturated carbocycles. The highest BCUT2D eigenvalue weighted by Crippen LogP contribution is 2.32. The Balaban J connectivity index is 1.22. The fraction of sp³-hybridized carbons (Fsp3) is 0.158. The maximum absolute atomic E-state index is 11.9. The van der Waals surface area contributed by atoms with Gasteiger partial charge in [-0.1, -0.05) is 12.1 Å². The van der Waals surface area contributed by atoms with Crippen LogP contribution < -0.4 is 20.1 Å². The number of carbonyl (C=O) groups excluding carboxylic acids is 2. The molecule has 0 spiro atoms. The number of rotatable bonds is 6. The molecule has 0 aliphatic carbocycles. The van der Waals surface area contributed by atoms with E-state index in [1.807, 2.05) is 18.2 Å². The van der Waals surface area contributed by atoms with Gasteiger partial charge in [0.1, 0.15) is 0 Å². The largest absolute Gasteiger partial charge is 0.454 e. The molecule has 0 fully saturated rings. The predicted octanol–water partition coefficient (Wildman–Crippen LogP) is 2.24. The average molecular weight is 368 g/mol. The van der Waals surface area contributed by atoms with Crippen LogP contribution in [0, 0.1) is 0 Å². The van der Waals surface area contributed by atoms with Crippen LogP contribution >= 0.6 is 0 Å². The summed E-state index contributed by atoms with van der Waals surface area (Å²) in [6, 6.07) is 10.8. The minimum Gasteiger partial charge on any atom is -0.454 e. The first-order chi connectivity index (χ1) is 13.2. The molecule has 3 aromatic rings. The van der Waals surface area contributed by atoms with E-state index in [1.54, 1.807) is 18.2 Å².